The van der Waals surface area contributed by atoms with E-state index >= 15 is 0 Å². The van der Waals surface area contributed by atoms with Gasteiger partial charge in [-0.25, -0.2) is 4.79 Å². The van der Waals surface area contributed by atoms with Gasteiger partial charge in [0, 0.05) is 11.3 Å². The third-order valence-corrected chi connectivity index (χ3v) is 8.01. The number of ether oxygens (including phenoxy) is 1. The Labute approximate surface area is 187 Å². The van der Waals surface area contributed by atoms with Gasteiger partial charge in [-0.05, 0) is 84.1 Å². The van der Waals surface area contributed by atoms with E-state index in [4.69, 9.17) is 4.74 Å². The first-order chi connectivity index (χ1) is 14.6. The fraction of sp³-hybridized carbons (Fsp3) is 0.536. The lowest BCUT2D eigenvalue weighted by atomic mass is 9.50. The van der Waals surface area contributed by atoms with Crippen LogP contribution >= 0.6 is 0 Å². The average Bonchev–Trinajstić information content (AvgIpc) is 2.68. The lowest BCUT2D eigenvalue weighted by Gasteiger charge is -2.54. The first kappa shape index (κ1) is 21.9. The Morgan fingerprint density at radius 1 is 1.10 bits per heavy atom. The van der Waals surface area contributed by atoms with E-state index in [2.05, 4.69) is 46.0 Å². The van der Waals surface area contributed by atoms with Crippen LogP contribution < -0.4 is 10.1 Å². The molecule has 3 nitrogen and oxygen atoms in total. The highest BCUT2D eigenvalue weighted by molar-refractivity contribution is 5.87. The molecule has 166 valence electrons. The van der Waals surface area contributed by atoms with Crippen molar-refractivity contribution in [1.29, 1.82) is 0 Å². The van der Waals surface area contributed by atoms with Crippen molar-refractivity contribution >= 4 is 11.8 Å². The zero-order valence-electron chi connectivity index (χ0n) is 20.0. The number of carbonyl (C=O) groups excluding carboxylic acids is 1. The van der Waals surface area contributed by atoms with Crippen LogP contribution in [0.1, 0.15) is 88.5 Å². The van der Waals surface area contributed by atoms with E-state index in [0.29, 0.717) is 23.0 Å². The van der Waals surface area contributed by atoms with E-state index in [1.165, 1.54) is 42.4 Å². The van der Waals surface area contributed by atoms with E-state index < -0.39 is 6.09 Å². The smallest absolute Gasteiger partial charge is 0.410 e. The summed E-state index contributed by atoms with van der Waals surface area (Å²) in [7, 11) is 0. The van der Waals surface area contributed by atoms with E-state index in [1.807, 2.05) is 37.3 Å². The average molecular weight is 420 g/mol. The minimum absolute atomic E-state index is 0.209. The summed E-state index contributed by atoms with van der Waals surface area (Å²) in [6.45, 7) is 13.8. The van der Waals surface area contributed by atoms with Gasteiger partial charge in [-0.3, -0.25) is 5.32 Å². The number of benzene rings is 2. The van der Waals surface area contributed by atoms with Crippen molar-refractivity contribution in [3.8, 4) is 5.75 Å². The molecular formula is C28H37NO2. The van der Waals surface area contributed by atoms with Gasteiger partial charge in [0.25, 0.3) is 0 Å². The monoisotopic (exact) mass is 419 g/mol. The standard InChI is InChI=1S/C28H37NO2/c1-18(2)25-20-12-15-24-27(4,5)16-9-17-28(24,6)21(20)13-14-23(25)31-26(30)29-22-11-8-7-10-19(22)3/h7-8,10-11,13-14,18,24H,9,12,15-17H2,1-6H3,(H,29,30)/t24?,28-/m1/s1. The van der Waals surface area contributed by atoms with Crippen LogP contribution in [-0.2, 0) is 11.8 Å². The number of hydrogen-bond acceptors (Lipinski definition) is 2. The van der Waals surface area contributed by atoms with Crippen LogP contribution in [0.2, 0.25) is 0 Å². The molecule has 1 N–H and O–H groups in total. The van der Waals surface area contributed by atoms with Gasteiger partial charge in [0.05, 0.1) is 0 Å². The van der Waals surface area contributed by atoms with Gasteiger partial charge in [-0.1, -0.05) is 65.3 Å². The summed E-state index contributed by atoms with van der Waals surface area (Å²) in [6.07, 6.45) is 5.72. The molecule has 0 bridgehead atoms. The molecule has 0 saturated heterocycles. The molecule has 1 saturated carbocycles. The molecule has 2 aliphatic rings. The summed E-state index contributed by atoms with van der Waals surface area (Å²) in [5, 5.41) is 2.91. The van der Waals surface area contributed by atoms with Gasteiger partial charge < -0.3 is 4.74 Å². The van der Waals surface area contributed by atoms with Gasteiger partial charge in [0.15, 0.2) is 0 Å². The number of carbonyl (C=O) groups is 1. The van der Waals surface area contributed by atoms with Crippen LogP contribution in [0.3, 0.4) is 0 Å². The summed E-state index contributed by atoms with van der Waals surface area (Å²) in [6, 6.07) is 12.1. The maximum atomic E-state index is 12.7. The summed E-state index contributed by atoms with van der Waals surface area (Å²) in [4.78, 5) is 12.7. The molecule has 0 aliphatic heterocycles. The molecule has 31 heavy (non-hydrogen) atoms. The SMILES string of the molecule is Cc1ccccc1NC(=O)Oc1ccc2c(c1C(C)C)CCC1C(C)(C)CCC[C@]21C. The van der Waals surface area contributed by atoms with Crippen LogP contribution in [-0.4, -0.2) is 6.09 Å². The van der Waals surface area contributed by atoms with E-state index in [9.17, 15) is 4.79 Å². The third kappa shape index (κ3) is 3.88. The molecule has 0 heterocycles. The lowest BCUT2D eigenvalue weighted by molar-refractivity contribution is 0.0404. The molecule has 0 aromatic heterocycles. The number of amides is 1. The van der Waals surface area contributed by atoms with Crippen molar-refractivity contribution in [3.63, 3.8) is 0 Å². The molecule has 4 rings (SSSR count). The van der Waals surface area contributed by atoms with E-state index in [-0.39, 0.29) is 5.41 Å². The molecule has 1 unspecified atom stereocenters. The van der Waals surface area contributed by atoms with Crippen molar-refractivity contribution in [1.82, 2.24) is 0 Å². The Kier molecular flexibility index (Phi) is 5.66. The first-order valence-electron chi connectivity index (χ1n) is 11.8. The minimum atomic E-state index is -0.421. The molecule has 2 aliphatic carbocycles. The number of hydrogen-bond donors (Lipinski definition) is 1. The maximum absolute atomic E-state index is 12.7. The number of para-hydroxylation sites is 1. The van der Waals surface area contributed by atoms with Gasteiger partial charge in [0.1, 0.15) is 5.75 Å². The molecular weight excluding hydrogens is 382 g/mol. The Morgan fingerprint density at radius 3 is 2.55 bits per heavy atom. The second kappa shape index (κ2) is 8.00. The first-order valence-corrected chi connectivity index (χ1v) is 11.8. The van der Waals surface area contributed by atoms with E-state index in [0.717, 1.165) is 17.7 Å². The number of aryl methyl sites for hydroxylation is 1. The molecule has 0 spiro atoms. The molecule has 1 amide bonds. The van der Waals surface area contributed by atoms with Gasteiger partial charge >= 0.3 is 6.09 Å². The molecule has 2 aromatic carbocycles. The van der Waals surface area contributed by atoms with Crippen molar-refractivity contribution < 1.29 is 9.53 Å². The maximum Gasteiger partial charge on any atom is 0.417 e. The second-order valence-corrected chi connectivity index (χ2v) is 10.8. The molecule has 2 aromatic rings. The zero-order chi connectivity index (χ0) is 22.4. The van der Waals surface area contributed by atoms with Crippen LogP contribution in [0, 0.1) is 18.3 Å². The van der Waals surface area contributed by atoms with Crippen molar-refractivity contribution in [3.05, 3.63) is 58.7 Å². The molecule has 2 atom stereocenters. The van der Waals surface area contributed by atoms with Gasteiger partial charge in [-0.2, -0.15) is 0 Å². The molecule has 0 radical (unpaired) electrons. The number of anilines is 1. The highest BCUT2D eigenvalue weighted by Gasteiger charge is 2.50. The number of fused-ring (bicyclic) bond motifs is 3. The highest BCUT2D eigenvalue weighted by Crippen LogP contribution is 2.58. The summed E-state index contributed by atoms with van der Waals surface area (Å²) < 4.78 is 5.89. The Hall–Kier alpha value is -2.29. The number of rotatable bonds is 3. The number of nitrogens with one attached hydrogen (secondary N) is 1. The Balaban J connectivity index is 1.68. The quantitative estimate of drug-likeness (QED) is 0.552. The predicted molar refractivity (Wildman–Crippen MR) is 128 cm³/mol. The van der Waals surface area contributed by atoms with Crippen molar-refractivity contribution in [2.45, 2.75) is 85.0 Å². The van der Waals surface area contributed by atoms with Gasteiger partial charge in [0.2, 0.25) is 0 Å². The van der Waals surface area contributed by atoms with Crippen LogP contribution in [0.15, 0.2) is 36.4 Å². The van der Waals surface area contributed by atoms with Crippen molar-refractivity contribution in [2.75, 3.05) is 5.32 Å². The predicted octanol–water partition coefficient (Wildman–Crippen LogP) is 7.76. The zero-order valence-corrected chi connectivity index (χ0v) is 20.0. The summed E-state index contributed by atoms with van der Waals surface area (Å²) in [5.74, 6) is 1.71. The Morgan fingerprint density at radius 2 is 1.84 bits per heavy atom. The van der Waals surface area contributed by atoms with E-state index in [1.54, 1.807) is 0 Å². The summed E-state index contributed by atoms with van der Waals surface area (Å²) >= 11 is 0. The highest BCUT2D eigenvalue weighted by atomic mass is 16.6. The lowest BCUT2D eigenvalue weighted by Crippen LogP contribution is -2.48. The Bertz CT molecular complexity index is 991. The third-order valence-electron chi connectivity index (χ3n) is 8.01. The van der Waals surface area contributed by atoms with Crippen molar-refractivity contribution in [2.24, 2.45) is 11.3 Å². The van der Waals surface area contributed by atoms with Crippen LogP contribution in [0.5, 0.6) is 5.75 Å². The second-order valence-electron chi connectivity index (χ2n) is 10.8. The molecule has 3 heteroatoms. The van der Waals surface area contributed by atoms with Gasteiger partial charge in [-0.15, -0.1) is 0 Å². The molecule has 1 fully saturated rings. The minimum Gasteiger partial charge on any atom is -0.410 e. The normalized spacial score (nSPS) is 24.3. The van der Waals surface area contributed by atoms with Crippen LogP contribution in [0.4, 0.5) is 10.5 Å². The summed E-state index contributed by atoms with van der Waals surface area (Å²) in [5.41, 5.74) is 6.52. The fourth-order valence-corrected chi connectivity index (χ4v) is 6.56. The van der Waals surface area contributed by atoms with Crippen LogP contribution in [0.25, 0.3) is 0 Å². The largest absolute Gasteiger partial charge is 0.417 e. The fourth-order valence-electron chi connectivity index (χ4n) is 6.56. The topological polar surface area (TPSA) is 38.3 Å².